The average Bonchev–Trinajstić information content (AvgIpc) is 2.58. The van der Waals surface area contributed by atoms with Gasteiger partial charge in [0.15, 0.2) is 5.82 Å². The molecule has 0 aliphatic carbocycles. The van der Waals surface area contributed by atoms with Gasteiger partial charge in [-0.2, -0.15) is 15.2 Å². The molecule has 2 heterocycles. The van der Waals surface area contributed by atoms with Crippen molar-refractivity contribution in [1.29, 1.82) is 0 Å². The summed E-state index contributed by atoms with van der Waals surface area (Å²) < 4.78 is 0. The number of nitrogens with zero attached hydrogens (tertiary/aromatic N) is 5. The van der Waals surface area contributed by atoms with E-state index in [0.29, 0.717) is 17.3 Å². The van der Waals surface area contributed by atoms with Crippen molar-refractivity contribution >= 4 is 30.0 Å². The molecule has 2 aromatic rings. The fourth-order valence-electron chi connectivity index (χ4n) is 1.66. The molecule has 0 aromatic carbocycles. The first-order chi connectivity index (χ1) is 10.8. The van der Waals surface area contributed by atoms with Crippen molar-refractivity contribution in [1.82, 2.24) is 9.97 Å². The number of pyridine rings is 2. The van der Waals surface area contributed by atoms with Crippen LogP contribution in [0.1, 0.15) is 24.3 Å². The number of hydrogen-bond acceptors (Lipinski definition) is 6. The fourth-order valence-corrected chi connectivity index (χ4v) is 1.66. The third-order valence-electron chi connectivity index (χ3n) is 2.57. The molecule has 0 aliphatic heterocycles. The highest BCUT2D eigenvalue weighted by Crippen LogP contribution is 2.17. The second-order valence-corrected chi connectivity index (χ2v) is 4.09. The van der Waals surface area contributed by atoms with E-state index in [2.05, 4.69) is 25.6 Å². The van der Waals surface area contributed by atoms with Gasteiger partial charge in [0, 0.05) is 18.6 Å². The van der Waals surface area contributed by atoms with Gasteiger partial charge < -0.3 is 0 Å². The molecule has 0 spiro atoms. The lowest BCUT2D eigenvalue weighted by Gasteiger charge is -2.16. The monoisotopic (exact) mass is 296 g/mol. The second kappa shape index (κ2) is 7.63. The molecular formula is C15H16N6O. The van der Waals surface area contributed by atoms with Gasteiger partial charge >= 0.3 is 0 Å². The van der Waals surface area contributed by atoms with Gasteiger partial charge in [0.2, 0.25) is 0 Å². The minimum atomic E-state index is -0.359. The normalized spacial score (nSPS) is 11.0. The Bertz CT molecular complexity index is 683. The number of nitrogens with one attached hydrogen (secondary N) is 1. The number of rotatable bonds is 5. The van der Waals surface area contributed by atoms with Crippen LogP contribution in [0.15, 0.2) is 52.8 Å². The largest absolute Gasteiger partial charge is 0.298 e. The highest BCUT2D eigenvalue weighted by molar-refractivity contribution is 6.04. The zero-order valence-electron chi connectivity index (χ0n) is 12.3. The van der Waals surface area contributed by atoms with Crippen LogP contribution in [0.3, 0.4) is 0 Å². The number of hydrogen-bond donors (Lipinski definition) is 1. The van der Waals surface area contributed by atoms with Crippen LogP contribution in [0.4, 0.5) is 11.6 Å². The minimum Gasteiger partial charge on any atom is -0.265 e. The van der Waals surface area contributed by atoms with Crippen molar-refractivity contribution in [3.63, 3.8) is 0 Å². The molecule has 0 fully saturated rings. The predicted molar refractivity (Wildman–Crippen MR) is 87.2 cm³/mol. The Kier molecular flexibility index (Phi) is 5.31. The molecule has 0 unspecified atom stereocenters. The van der Waals surface area contributed by atoms with Crippen molar-refractivity contribution in [2.24, 2.45) is 10.2 Å². The Morgan fingerprint density at radius 3 is 2.73 bits per heavy atom. The van der Waals surface area contributed by atoms with Crippen molar-refractivity contribution in [2.45, 2.75) is 13.8 Å². The smallest absolute Gasteiger partial charge is 0.265 e. The van der Waals surface area contributed by atoms with E-state index in [-0.39, 0.29) is 5.91 Å². The first-order valence-corrected chi connectivity index (χ1v) is 6.71. The van der Waals surface area contributed by atoms with Gasteiger partial charge in [-0.25, -0.2) is 4.98 Å². The summed E-state index contributed by atoms with van der Waals surface area (Å²) >= 11 is 0. The first-order valence-electron chi connectivity index (χ1n) is 6.71. The summed E-state index contributed by atoms with van der Waals surface area (Å²) in [6.45, 7) is 3.51. The maximum atomic E-state index is 12.5. The zero-order valence-corrected chi connectivity index (χ0v) is 12.3. The number of anilines is 2. The van der Waals surface area contributed by atoms with E-state index in [9.17, 15) is 4.79 Å². The lowest BCUT2D eigenvalue weighted by Crippen LogP contribution is -2.27. The van der Waals surface area contributed by atoms with Crippen molar-refractivity contribution in [2.75, 3.05) is 10.4 Å². The quantitative estimate of drug-likeness (QED) is 0.679. The van der Waals surface area contributed by atoms with Crippen LogP contribution in [0, 0.1) is 0 Å². The Morgan fingerprint density at radius 1 is 1.18 bits per heavy atom. The molecule has 7 heteroatoms. The van der Waals surface area contributed by atoms with Crippen LogP contribution in [0.25, 0.3) is 0 Å². The Labute approximate surface area is 128 Å². The van der Waals surface area contributed by atoms with E-state index < -0.39 is 0 Å². The van der Waals surface area contributed by atoms with E-state index in [1.165, 1.54) is 11.2 Å². The third kappa shape index (κ3) is 3.72. The zero-order chi connectivity index (χ0) is 15.8. The molecule has 112 valence electrons. The van der Waals surface area contributed by atoms with Gasteiger partial charge in [0.25, 0.3) is 5.91 Å². The molecule has 0 atom stereocenters. The van der Waals surface area contributed by atoms with Crippen LogP contribution in [-0.4, -0.2) is 28.3 Å². The van der Waals surface area contributed by atoms with Crippen molar-refractivity contribution < 1.29 is 4.79 Å². The molecule has 1 N–H and O–H groups in total. The predicted octanol–water partition coefficient (Wildman–Crippen LogP) is 2.55. The van der Waals surface area contributed by atoms with Crippen molar-refractivity contribution in [3.8, 4) is 0 Å². The summed E-state index contributed by atoms with van der Waals surface area (Å²) in [6.07, 6.45) is 4.69. The molecule has 22 heavy (non-hydrogen) atoms. The molecule has 2 aromatic heterocycles. The summed E-state index contributed by atoms with van der Waals surface area (Å²) in [5.74, 6) is 0.535. The first kappa shape index (κ1) is 15.3. The SMILES string of the molecule is C/C=N\Nc1cccc(N(/N=C\C)C(=O)c2ccccn2)n1. The van der Waals surface area contributed by atoms with E-state index >= 15 is 0 Å². The van der Waals surface area contributed by atoms with Crippen LogP contribution in [-0.2, 0) is 0 Å². The molecule has 1 amide bonds. The van der Waals surface area contributed by atoms with E-state index in [4.69, 9.17) is 0 Å². The van der Waals surface area contributed by atoms with Crippen LogP contribution in [0.2, 0.25) is 0 Å². The summed E-state index contributed by atoms with van der Waals surface area (Å²) in [5.41, 5.74) is 3.05. The average molecular weight is 296 g/mol. The number of aromatic nitrogens is 2. The van der Waals surface area contributed by atoms with Gasteiger partial charge in [0.1, 0.15) is 11.5 Å². The van der Waals surface area contributed by atoms with Gasteiger partial charge in [0.05, 0.1) is 0 Å². The molecule has 7 nitrogen and oxygen atoms in total. The molecule has 0 saturated heterocycles. The highest BCUT2D eigenvalue weighted by atomic mass is 16.2. The van der Waals surface area contributed by atoms with Crippen LogP contribution < -0.4 is 10.4 Å². The number of hydrazone groups is 2. The van der Waals surface area contributed by atoms with Gasteiger partial charge in [-0.15, -0.1) is 0 Å². The van der Waals surface area contributed by atoms with Crippen molar-refractivity contribution in [3.05, 3.63) is 48.3 Å². The van der Waals surface area contributed by atoms with Gasteiger partial charge in [-0.3, -0.25) is 15.2 Å². The van der Waals surface area contributed by atoms with E-state index in [1.54, 1.807) is 62.7 Å². The molecule has 0 saturated carbocycles. The van der Waals surface area contributed by atoms with Gasteiger partial charge in [-0.05, 0) is 38.1 Å². The standard InChI is InChI=1S/C15H16N6O/c1-3-17-20-13-9-7-10-14(19-13)21(18-4-2)15(22)12-8-5-6-11-16-12/h3-11H,1-2H3,(H,19,20)/b17-3-,18-4-. The second-order valence-electron chi connectivity index (χ2n) is 4.09. The number of carbonyl (C=O) groups excluding carboxylic acids is 1. The molecule has 2 rings (SSSR count). The topological polar surface area (TPSA) is 82.8 Å². The summed E-state index contributed by atoms with van der Waals surface area (Å²) in [6, 6.07) is 10.3. The molecule has 0 bridgehead atoms. The van der Waals surface area contributed by atoms with E-state index in [0.717, 1.165) is 0 Å². The lowest BCUT2D eigenvalue weighted by molar-refractivity contribution is 0.0982. The fraction of sp³-hybridized carbons (Fsp3) is 0.133. The summed E-state index contributed by atoms with van der Waals surface area (Å²) in [7, 11) is 0. The minimum absolute atomic E-state index is 0.292. The van der Waals surface area contributed by atoms with E-state index in [1.807, 2.05) is 0 Å². The number of carbonyl (C=O) groups is 1. The maximum Gasteiger partial charge on any atom is 0.298 e. The third-order valence-corrected chi connectivity index (χ3v) is 2.57. The lowest BCUT2D eigenvalue weighted by atomic mass is 10.3. The molecule has 0 aliphatic rings. The Morgan fingerprint density at radius 2 is 2.05 bits per heavy atom. The van der Waals surface area contributed by atoms with Crippen LogP contribution in [0.5, 0.6) is 0 Å². The maximum absolute atomic E-state index is 12.5. The molecule has 0 radical (unpaired) electrons. The summed E-state index contributed by atoms with van der Waals surface area (Å²) in [4.78, 5) is 20.9. The molecular weight excluding hydrogens is 280 g/mol. The van der Waals surface area contributed by atoms with Gasteiger partial charge in [-0.1, -0.05) is 12.1 Å². The summed E-state index contributed by atoms with van der Waals surface area (Å²) in [5, 5.41) is 9.18. The number of amides is 1. The highest BCUT2D eigenvalue weighted by Gasteiger charge is 2.19. The Hall–Kier alpha value is -3.09. The Balaban J connectivity index is 2.34. The van der Waals surface area contributed by atoms with Crippen LogP contribution >= 0.6 is 0 Å².